The van der Waals surface area contributed by atoms with Crippen molar-refractivity contribution in [3.63, 3.8) is 0 Å². The van der Waals surface area contributed by atoms with Crippen LogP contribution in [-0.4, -0.2) is 80.2 Å². The molecule has 0 aliphatic carbocycles. The molecule has 5 atom stereocenters. The van der Waals surface area contributed by atoms with Crippen molar-refractivity contribution < 1.29 is 54.4 Å². The van der Waals surface area contributed by atoms with Crippen molar-refractivity contribution in [2.24, 2.45) is 0 Å². The monoisotopic (exact) mass is 478 g/mol. The minimum Gasteiger partial charge on any atom is -0.507 e. The van der Waals surface area contributed by atoms with Gasteiger partial charge in [0.1, 0.15) is 46.9 Å². The smallest absolute Gasteiger partial charge is 0.239 e. The molecule has 1 fully saturated rings. The van der Waals surface area contributed by atoms with Crippen molar-refractivity contribution in [1.29, 1.82) is 0 Å². The number of rotatable bonds is 5. The molecule has 7 N–H and O–H groups in total. The molecule has 182 valence electrons. The van der Waals surface area contributed by atoms with Crippen LogP contribution < -0.4 is 14.9 Å². The molecule has 0 bridgehead atoms. The zero-order chi connectivity index (χ0) is 24.7. The first-order chi connectivity index (χ1) is 16.2. The van der Waals surface area contributed by atoms with Gasteiger partial charge in [-0.3, -0.25) is 4.79 Å². The fourth-order valence-corrected chi connectivity index (χ4v) is 3.62. The molecule has 12 nitrogen and oxygen atoms in total. The number of fused-ring (bicyclic) bond motifs is 1. The topological polar surface area (TPSA) is 200 Å². The summed E-state index contributed by atoms with van der Waals surface area (Å²) in [4.78, 5) is 13.4. The average molecular weight is 478 g/mol. The van der Waals surface area contributed by atoms with Gasteiger partial charge in [-0.05, 0) is 18.2 Å². The van der Waals surface area contributed by atoms with E-state index in [1.165, 1.54) is 25.3 Å². The molecular weight excluding hydrogens is 456 g/mol. The molecule has 1 aliphatic heterocycles. The maximum Gasteiger partial charge on any atom is 0.239 e. The van der Waals surface area contributed by atoms with E-state index in [4.69, 9.17) is 18.6 Å². The Balaban J connectivity index is 1.92. The number of aromatic hydroxyl groups is 3. The van der Waals surface area contributed by atoms with Crippen molar-refractivity contribution >= 4 is 11.0 Å². The Kier molecular flexibility index (Phi) is 6.25. The molecule has 0 spiro atoms. The van der Waals surface area contributed by atoms with Gasteiger partial charge in [0.2, 0.25) is 17.5 Å². The molecule has 0 unspecified atom stereocenters. The molecule has 1 aromatic heterocycles. The van der Waals surface area contributed by atoms with Gasteiger partial charge in [0, 0.05) is 17.7 Å². The highest BCUT2D eigenvalue weighted by molar-refractivity contribution is 5.88. The lowest BCUT2D eigenvalue weighted by Crippen LogP contribution is -2.60. The molecule has 34 heavy (non-hydrogen) atoms. The summed E-state index contributed by atoms with van der Waals surface area (Å²) < 4.78 is 21.8. The van der Waals surface area contributed by atoms with Gasteiger partial charge in [0.15, 0.2) is 17.3 Å². The minimum atomic E-state index is -1.83. The van der Waals surface area contributed by atoms with Crippen LogP contribution in [-0.2, 0) is 4.74 Å². The van der Waals surface area contributed by atoms with E-state index in [1.807, 2.05) is 0 Å². The van der Waals surface area contributed by atoms with E-state index >= 15 is 0 Å². The summed E-state index contributed by atoms with van der Waals surface area (Å²) in [5.74, 6) is -2.16. The fraction of sp³-hybridized carbons (Fsp3) is 0.318. The van der Waals surface area contributed by atoms with Crippen LogP contribution in [0.15, 0.2) is 39.5 Å². The number of aliphatic hydroxyl groups is 4. The molecular formula is C22H22O12. The van der Waals surface area contributed by atoms with E-state index < -0.39 is 65.7 Å². The van der Waals surface area contributed by atoms with Crippen LogP contribution >= 0.6 is 0 Å². The van der Waals surface area contributed by atoms with Gasteiger partial charge in [-0.1, -0.05) is 0 Å². The van der Waals surface area contributed by atoms with Gasteiger partial charge >= 0.3 is 0 Å². The number of aliphatic hydroxyl groups excluding tert-OH is 4. The van der Waals surface area contributed by atoms with Crippen LogP contribution in [0.3, 0.4) is 0 Å². The minimum absolute atomic E-state index is 0.0659. The van der Waals surface area contributed by atoms with Crippen molar-refractivity contribution in [3.8, 4) is 40.1 Å². The normalized spacial score (nSPS) is 24.8. The van der Waals surface area contributed by atoms with Crippen LogP contribution in [0.2, 0.25) is 0 Å². The van der Waals surface area contributed by atoms with E-state index in [1.54, 1.807) is 0 Å². The van der Waals surface area contributed by atoms with Crippen LogP contribution in [0.4, 0.5) is 0 Å². The summed E-state index contributed by atoms with van der Waals surface area (Å²) in [5, 5.41) is 69.5. The van der Waals surface area contributed by atoms with E-state index in [0.717, 1.165) is 12.1 Å². The Labute approximate surface area is 191 Å². The largest absolute Gasteiger partial charge is 0.507 e. The van der Waals surface area contributed by atoms with Crippen molar-refractivity contribution in [2.45, 2.75) is 30.7 Å². The SMILES string of the molecule is COc1cc(O)c2c(=O)c(O[C@H]3O[C@@H](CO)[C@@H](O)[C@@H](O)[C@@H]3O)c(-c3ccc(O)c(O)c3)oc2c1. The fourth-order valence-electron chi connectivity index (χ4n) is 3.62. The molecule has 2 heterocycles. The van der Waals surface area contributed by atoms with Crippen molar-refractivity contribution in [3.05, 3.63) is 40.6 Å². The Bertz CT molecular complexity index is 1270. The lowest BCUT2D eigenvalue weighted by Gasteiger charge is -2.39. The second-order valence-electron chi connectivity index (χ2n) is 7.63. The van der Waals surface area contributed by atoms with Gasteiger partial charge in [-0.15, -0.1) is 0 Å². The van der Waals surface area contributed by atoms with Gasteiger partial charge in [-0.2, -0.15) is 0 Å². The van der Waals surface area contributed by atoms with Gasteiger partial charge in [0.05, 0.1) is 13.7 Å². The second kappa shape index (κ2) is 9.00. The highest BCUT2D eigenvalue weighted by Gasteiger charge is 2.45. The van der Waals surface area contributed by atoms with E-state index in [-0.39, 0.29) is 28.0 Å². The Morgan fingerprint density at radius 2 is 1.68 bits per heavy atom. The number of benzene rings is 2. The summed E-state index contributed by atoms with van der Waals surface area (Å²) in [6.45, 7) is -0.726. The number of methoxy groups -OCH3 is 1. The molecule has 1 saturated heterocycles. The first-order valence-electron chi connectivity index (χ1n) is 10.0. The highest BCUT2D eigenvalue weighted by Crippen LogP contribution is 2.39. The quantitative estimate of drug-likeness (QED) is 0.238. The van der Waals surface area contributed by atoms with Gasteiger partial charge in [-0.25, -0.2) is 0 Å². The highest BCUT2D eigenvalue weighted by atomic mass is 16.7. The second-order valence-corrected chi connectivity index (χ2v) is 7.63. The lowest BCUT2D eigenvalue weighted by molar-refractivity contribution is -0.277. The number of hydrogen-bond donors (Lipinski definition) is 7. The molecule has 0 radical (unpaired) electrons. The number of ether oxygens (including phenoxy) is 3. The predicted molar refractivity (Wildman–Crippen MR) is 114 cm³/mol. The number of phenolic OH excluding ortho intramolecular Hbond substituents is 3. The maximum atomic E-state index is 13.4. The van der Waals surface area contributed by atoms with Crippen molar-refractivity contribution in [2.75, 3.05) is 13.7 Å². The van der Waals surface area contributed by atoms with E-state index in [2.05, 4.69) is 0 Å². The standard InChI is InChI=1S/C22H22O12/c1-31-9-5-12(26)15-13(6-9)32-20(8-2-3-10(24)11(25)4-8)21(17(15)28)34-22-19(30)18(29)16(27)14(7-23)33-22/h2-6,14,16,18-19,22-27,29-30H,7H2,1H3/t14-,16+,18+,19-,22+/m0/s1. The third-order valence-corrected chi connectivity index (χ3v) is 5.46. The maximum absolute atomic E-state index is 13.4. The molecule has 2 aromatic carbocycles. The van der Waals surface area contributed by atoms with Crippen LogP contribution in [0.1, 0.15) is 0 Å². The Morgan fingerprint density at radius 3 is 2.32 bits per heavy atom. The summed E-state index contributed by atoms with van der Waals surface area (Å²) in [6.07, 6.45) is -8.31. The summed E-state index contributed by atoms with van der Waals surface area (Å²) in [7, 11) is 1.34. The molecule has 0 saturated carbocycles. The van der Waals surface area contributed by atoms with Gasteiger partial charge < -0.3 is 54.4 Å². The molecule has 0 amide bonds. The van der Waals surface area contributed by atoms with Crippen LogP contribution in [0, 0.1) is 0 Å². The van der Waals surface area contributed by atoms with E-state index in [9.17, 15) is 40.5 Å². The zero-order valence-electron chi connectivity index (χ0n) is 17.7. The third kappa shape index (κ3) is 3.97. The first-order valence-corrected chi connectivity index (χ1v) is 10.0. The molecule has 1 aliphatic rings. The van der Waals surface area contributed by atoms with E-state index in [0.29, 0.717) is 0 Å². The lowest BCUT2D eigenvalue weighted by atomic mass is 9.99. The predicted octanol–water partition coefficient (Wildman–Crippen LogP) is -0.236. The molecule has 3 aromatic rings. The average Bonchev–Trinajstić information content (AvgIpc) is 2.82. The van der Waals surface area contributed by atoms with Crippen LogP contribution in [0.25, 0.3) is 22.3 Å². The Hall–Kier alpha value is -3.55. The number of phenols is 3. The summed E-state index contributed by atoms with van der Waals surface area (Å²) >= 11 is 0. The Morgan fingerprint density at radius 1 is 0.941 bits per heavy atom. The van der Waals surface area contributed by atoms with Crippen LogP contribution in [0.5, 0.6) is 28.7 Å². The zero-order valence-corrected chi connectivity index (χ0v) is 17.7. The first kappa shape index (κ1) is 23.6. The third-order valence-electron chi connectivity index (χ3n) is 5.46. The molecule has 12 heteroatoms. The number of hydrogen-bond acceptors (Lipinski definition) is 12. The molecule has 4 rings (SSSR count). The van der Waals surface area contributed by atoms with Crippen molar-refractivity contribution in [1.82, 2.24) is 0 Å². The summed E-state index contributed by atoms with van der Waals surface area (Å²) in [5.41, 5.74) is -0.942. The van der Waals surface area contributed by atoms with Gasteiger partial charge in [0.25, 0.3) is 0 Å². The summed E-state index contributed by atoms with van der Waals surface area (Å²) in [6, 6.07) is 6.02.